The van der Waals surface area contributed by atoms with Gasteiger partial charge in [-0.2, -0.15) is 0 Å². The lowest BCUT2D eigenvalue weighted by Crippen LogP contribution is -2.41. The first-order valence-corrected chi connectivity index (χ1v) is 6.86. The second-order valence-corrected chi connectivity index (χ2v) is 6.41. The summed E-state index contributed by atoms with van der Waals surface area (Å²) < 4.78 is 5.22. The van der Waals surface area contributed by atoms with Gasteiger partial charge in [0.15, 0.2) is 0 Å². The van der Waals surface area contributed by atoms with Gasteiger partial charge in [-0.15, -0.1) is 0 Å². The third-order valence-corrected chi connectivity index (χ3v) is 3.30. The summed E-state index contributed by atoms with van der Waals surface area (Å²) in [7, 11) is 0. The Hall–Kier alpha value is -0.580. The largest absolute Gasteiger partial charge is 0.459 e. The first-order valence-electron chi connectivity index (χ1n) is 5.94. The van der Waals surface area contributed by atoms with Crippen LogP contribution < -0.4 is 0 Å². The van der Waals surface area contributed by atoms with Crippen molar-refractivity contribution in [1.82, 2.24) is 4.90 Å². The molecule has 0 spiro atoms. The van der Waals surface area contributed by atoms with Crippen LogP contribution in [-0.2, 0) is 14.3 Å². The van der Waals surface area contributed by atoms with Crippen LogP contribution in [-0.4, -0.2) is 40.3 Å². The third-order valence-electron chi connectivity index (χ3n) is 2.46. The van der Waals surface area contributed by atoms with Gasteiger partial charge in [-0.25, -0.2) is 0 Å². The Balaban J connectivity index is 2.54. The van der Waals surface area contributed by atoms with E-state index in [9.17, 15) is 9.59 Å². The summed E-state index contributed by atoms with van der Waals surface area (Å²) in [5.41, 5.74) is -0.500. The average Bonchev–Trinajstić information content (AvgIpc) is 2.30. The van der Waals surface area contributed by atoms with Crippen LogP contribution in [0.15, 0.2) is 0 Å². The molecular weight excluding hydrogens is 286 g/mol. The monoisotopic (exact) mass is 305 g/mol. The molecule has 0 aliphatic carbocycles. The maximum atomic E-state index is 11.9. The number of amides is 1. The second-order valence-electron chi connectivity index (χ2n) is 5.31. The quantitative estimate of drug-likeness (QED) is 0.580. The van der Waals surface area contributed by atoms with E-state index in [1.54, 1.807) is 4.90 Å². The fraction of sp³-hybridized carbons (Fsp3) is 0.833. The van der Waals surface area contributed by atoms with Crippen LogP contribution in [0, 0.1) is 0 Å². The summed E-state index contributed by atoms with van der Waals surface area (Å²) in [6.07, 6.45) is 2.78. The molecule has 0 aromatic rings. The van der Waals surface area contributed by atoms with Crippen molar-refractivity contribution in [2.45, 2.75) is 50.5 Å². The lowest BCUT2D eigenvalue weighted by Gasteiger charge is -2.24. The van der Waals surface area contributed by atoms with Crippen LogP contribution in [0.3, 0.4) is 0 Å². The fourth-order valence-electron chi connectivity index (χ4n) is 1.74. The highest BCUT2D eigenvalue weighted by Gasteiger charge is 2.27. The Morgan fingerprint density at radius 2 is 2.12 bits per heavy atom. The number of rotatable bonds is 2. The summed E-state index contributed by atoms with van der Waals surface area (Å²) in [6, 6.07) is 0. The molecule has 1 fully saturated rings. The number of carbonyl (C=O) groups excluding carboxylic acids is 2. The Kier molecular flexibility index (Phi) is 4.98. The van der Waals surface area contributed by atoms with Gasteiger partial charge in [0.25, 0.3) is 0 Å². The molecule has 1 atom stereocenters. The molecule has 0 aromatic carbocycles. The standard InChI is InChI=1S/C12H20BrNO3/c1-12(2,3)17-10(15)8-14-7-5-4-6-9(13)11(14)16/h9H,4-8H2,1-3H3. The predicted molar refractivity (Wildman–Crippen MR) is 69.0 cm³/mol. The fourth-order valence-corrected chi connectivity index (χ4v) is 2.36. The van der Waals surface area contributed by atoms with Crippen molar-refractivity contribution in [3.05, 3.63) is 0 Å². The number of hydrogen-bond acceptors (Lipinski definition) is 3. The van der Waals surface area contributed by atoms with E-state index in [0.29, 0.717) is 6.54 Å². The van der Waals surface area contributed by atoms with Gasteiger partial charge in [0.2, 0.25) is 5.91 Å². The van der Waals surface area contributed by atoms with Crippen molar-refractivity contribution in [2.24, 2.45) is 0 Å². The number of nitrogens with zero attached hydrogens (tertiary/aromatic N) is 1. The molecule has 1 amide bonds. The highest BCUT2D eigenvalue weighted by atomic mass is 79.9. The highest BCUT2D eigenvalue weighted by Crippen LogP contribution is 2.18. The predicted octanol–water partition coefficient (Wildman–Crippen LogP) is 2.10. The molecule has 1 heterocycles. The molecule has 98 valence electrons. The van der Waals surface area contributed by atoms with E-state index in [1.165, 1.54) is 0 Å². The second kappa shape index (κ2) is 5.85. The molecule has 1 unspecified atom stereocenters. The molecule has 0 aromatic heterocycles. The molecular formula is C12H20BrNO3. The van der Waals surface area contributed by atoms with Crippen molar-refractivity contribution in [1.29, 1.82) is 0 Å². The highest BCUT2D eigenvalue weighted by molar-refractivity contribution is 9.10. The van der Waals surface area contributed by atoms with E-state index in [0.717, 1.165) is 19.3 Å². The SMILES string of the molecule is CC(C)(C)OC(=O)CN1CCCCC(Br)C1=O. The molecule has 5 heteroatoms. The van der Waals surface area contributed by atoms with Crippen LogP contribution in [0.5, 0.6) is 0 Å². The lowest BCUT2D eigenvalue weighted by molar-refractivity contribution is -0.158. The molecule has 1 saturated heterocycles. The minimum Gasteiger partial charge on any atom is -0.459 e. The number of carbonyl (C=O) groups is 2. The number of halogens is 1. The number of alkyl halides is 1. The van der Waals surface area contributed by atoms with Crippen LogP contribution in [0.25, 0.3) is 0 Å². The molecule has 17 heavy (non-hydrogen) atoms. The Morgan fingerprint density at radius 3 is 2.71 bits per heavy atom. The van der Waals surface area contributed by atoms with E-state index < -0.39 is 5.60 Å². The molecule has 1 aliphatic heterocycles. The van der Waals surface area contributed by atoms with Gasteiger partial charge < -0.3 is 9.64 Å². The maximum absolute atomic E-state index is 11.9. The topological polar surface area (TPSA) is 46.6 Å². The lowest BCUT2D eigenvalue weighted by atomic mass is 10.2. The van der Waals surface area contributed by atoms with Gasteiger partial charge in [0.05, 0.1) is 4.83 Å². The zero-order valence-corrected chi connectivity index (χ0v) is 12.2. The zero-order valence-electron chi connectivity index (χ0n) is 10.7. The van der Waals surface area contributed by atoms with Crippen molar-refractivity contribution in [3.8, 4) is 0 Å². The number of likely N-dealkylation sites (tertiary alicyclic amines) is 1. The smallest absolute Gasteiger partial charge is 0.326 e. The van der Waals surface area contributed by atoms with E-state index in [2.05, 4.69) is 15.9 Å². The minimum absolute atomic E-state index is 0.00615. The van der Waals surface area contributed by atoms with E-state index in [-0.39, 0.29) is 23.2 Å². The summed E-state index contributed by atoms with van der Waals surface area (Å²) in [5.74, 6) is -0.346. The summed E-state index contributed by atoms with van der Waals surface area (Å²) in [6.45, 7) is 6.16. The average molecular weight is 306 g/mol. The molecule has 1 rings (SSSR count). The summed E-state index contributed by atoms with van der Waals surface area (Å²) in [5, 5.41) is 0. The van der Waals surface area contributed by atoms with Crippen LogP contribution in [0.2, 0.25) is 0 Å². The number of hydrogen-bond donors (Lipinski definition) is 0. The Morgan fingerprint density at radius 1 is 1.47 bits per heavy atom. The number of ether oxygens (including phenoxy) is 1. The molecule has 0 saturated carbocycles. The normalized spacial score (nSPS) is 22.2. The van der Waals surface area contributed by atoms with Crippen molar-refractivity contribution in [2.75, 3.05) is 13.1 Å². The molecule has 0 bridgehead atoms. The van der Waals surface area contributed by atoms with Crippen LogP contribution in [0.1, 0.15) is 40.0 Å². The van der Waals surface area contributed by atoms with Crippen molar-refractivity contribution >= 4 is 27.8 Å². The van der Waals surface area contributed by atoms with Crippen molar-refractivity contribution in [3.63, 3.8) is 0 Å². The van der Waals surface area contributed by atoms with Crippen LogP contribution in [0.4, 0.5) is 0 Å². The number of esters is 1. The minimum atomic E-state index is -0.500. The van der Waals surface area contributed by atoms with E-state index in [1.807, 2.05) is 20.8 Å². The summed E-state index contributed by atoms with van der Waals surface area (Å²) >= 11 is 3.35. The molecule has 0 radical (unpaired) electrons. The maximum Gasteiger partial charge on any atom is 0.326 e. The van der Waals surface area contributed by atoms with Gasteiger partial charge in [-0.3, -0.25) is 9.59 Å². The molecule has 1 aliphatic rings. The van der Waals surface area contributed by atoms with Gasteiger partial charge in [0.1, 0.15) is 12.1 Å². The first kappa shape index (κ1) is 14.5. The third kappa shape index (κ3) is 5.06. The van der Waals surface area contributed by atoms with E-state index >= 15 is 0 Å². The molecule has 4 nitrogen and oxygen atoms in total. The van der Waals surface area contributed by atoms with Gasteiger partial charge in [-0.05, 0) is 33.6 Å². The molecule has 0 N–H and O–H groups in total. The summed E-state index contributed by atoms with van der Waals surface area (Å²) in [4.78, 5) is 25.0. The zero-order chi connectivity index (χ0) is 13.1. The van der Waals surface area contributed by atoms with E-state index in [4.69, 9.17) is 4.74 Å². The first-order chi connectivity index (χ1) is 7.79. The van der Waals surface area contributed by atoms with Gasteiger partial charge >= 0.3 is 5.97 Å². The van der Waals surface area contributed by atoms with Crippen LogP contribution >= 0.6 is 15.9 Å². The van der Waals surface area contributed by atoms with Gasteiger partial charge in [0, 0.05) is 6.54 Å². The Labute approximate surface area is 111 Å². The Bertz CT molecular complexity index is 299. The van der Waals surface area contributed by atoms with Gasteiger partial charge in [-0.1, -0.05) is 22.4 Å². The van der Waals surface area contributed by atoms with Crippen molar-refractivity contribution < 1.29 is 14.3 Å².